The molecule has 27 heavy (non-hydrogen) atoms. The maximum absolute atomic E-state index is 12.0. The van der Waals surface area contributed by atoms with Crippen molar-refractivity contribution in [3.63, 3.8) is 0 Å². The zero-order valence-electron chi connectivity index (χ0n) is 14.1. The molecule has 1 saturated heterocycles. The van der Waals surface area contributed by atoms with Crippen LogP contribution in [-0.4, -0.2) is 27.9 Å². The molecule has 1 aliphatic heterocycles. The number of nitrogens with zero attached hydrogens (tertiary/aromatic N) is 2. The van der Waals surface area contributed by atoms with Crippen molar-refractivity contribution in [1.29, 1.82) is 0 Å². The van der Waals surface area contributed by atoms with Crippen LogP contribution in [0.1, 0.15) is 11.1 Å². The fourth-order valence-electron chi connectivity index (χ4n) is 2.43. The van der Waals surface area contributed by atoms with Crippen molar-refractivity contribution in [1.82, 2.24) is 10.2 Å². The van der Waals surface area contributed by atoms with Crippen LogP contribution in [0.15, 0.2) is 48.2 Å². The first-order chi connectivity index (χ1) is 12.8. The summed E-state index contributed by atoms with van der Waals surface area (Å²) in [7, 11) is 1.59. The van der Waals surface area contributed by atoms with Crippen molar-refractivity contribution in [2.45, 2.75) is 6.61 Å². The van der Waals surface area contributed by atoms with Crippen molar-refractivity contribution in [2.24, 2.45) is 0 Å². The van der Waals surface area contributed by atoms with Crippen LogP contribution >= 0.6 is 23.8 Å². The lowest BCUT2D eigenvalue weighted by Crippen LogP contribution is -2.25. The summed E-state index contributed by atoms with van der Waals surface area (Å²) in [5.41, 5.74) is 1.73. The Hall–Kier alpha value is -2.97. The Morgan fingerprint density at radius 2 is 2.11 bits per heavy atom. The molecule has 0 radical (unpaired) electrons. The van der Waals surface area contributed by atoms with Crippen molar-refractivity contribution >= 4 is 46.6 Å². The molecule has 0 aliphatic carbocycles. The van der Waals surface area contributed by atoms with Crippen LogP contribution in [0.5, 0.6) is 5.75 Å². The van der Waals surface area contributed by atoms with Gasteiger partial charge >= 0.3 is 0 Å². The van der Waals surface area contributed by atoms with Crippen LogP contribution in [0, 0.1) is 10.1 Å². The second kappa shape index (κ2) is 7.73. The first kappa shape index (κ1) is 18.8. The van der Waals surface area contributed by atoms with E-state index >= 15 is 0 Å². The number of benzene rings is 2. The number of hydrogen-bond donors (Lipinski definition) is 1. The molecule has 0 aromatic heterocycles. The van der Waals surface area contributed by atoms with Gasteiger partial charge in [0.1, 0.15) is 18.1 Å². The highest BCUT2D eigenvalue weighted by Gasteiger charge is 2.26. The van der Waals surface area contributed by atoms with Gasteiger partial charge in [0.05, 0.1) is 9.95 Å². The lowest BCUT2D eigenvalue weighted by Gasteiger charge is -2.09. The highest BCUT2D eigenvalue weighted by Crippen LogP contribution is 2.28. The highest BCUT2D eigenvalue weighted by atomic mass is 35.5. The highest BCUT2D eigenvalue weighted by molar-refractivity contribution is 7.80. The summed E-state index contributed by atoms with van der Waals surface area (Å²) in [6.45, 7) is 0.140. The smallest absolute Gasteiger partial charge is 0.276 e. The number of amides is 1. The fourth-order valence-corrected chi connectivity index (χ4v) is 2.87. The molecule has 0 unspecified atom stereocenters. The number of nitro benzene ring substituents is 1. The number of non-ortho nitro benzene ring substituents is 1. The van der Waals surface area contributed by atoms with E-state index in [-0.39, 0.29) is 18.2 Å². The zero-order valence-corrected chi connectivity index (χ0v) is 15.7. The third-order valence-electron chi connectivity index (χ3n) is 3.86. The van der Waals surface area contributed by atoms with Gasteiger partial charge in [0.15, 0.2) is 5.11 Å². The maximum Gasteiger partial charge on any atom is 0.276 e. The van der Waals surface area contributed by atoms with E-state index in [4.69, 9.17) is 28.6 Å². The predicted octanol–water partition coefficient (Wildman–Crippen LogP) is 3.51. The number of likely N-dealkylation sites (N-methyl/N-ethyl adjacent to an activating group) is 1. The van der Waals surface area contributed by atoms with Gasteiger partial charge in [-0.25, -0.2) is 0 Å². The summed E-state index contributed by atoms with van der Waals surface area (Å²) >= 11 is 11.3. The maximum atomic E-state index is 12.0. The minimum absolute atomic E-state index is 0.000725. The van der Waals surface area contributed by atoms with E-state index in [2.05, 4.69) is 5.32 Å². The molecular weight excluding hydrogens is 390 g/mol. The molecule has 1 aliphatic rings. The molecule has 7 nitrogen and oxygen atoms in total. The number of nitrogens with one attached hydrogen (secondary N) is 1. The Morgan fingerprint density at radius 1 is 1.33 bits per heavy atom. The number of rotatable bonds is 5. The van der Waals surface area contributed by atoms with E-state index in [9.17, 15) is 14.9 Å². The van der Waals surface area contributed by atoms with E-state index in [1.54, 1.807) is 43.5 Å². The second-order valence-corrected chi connectivity index (χ2v) is 6.55. The number of carbonyl (C=O) groups excluding carboxylic acids is 1. The van der Waals surface area contributed by atoms with Gasteiger partial charge in [0.2, 0.25) is 0 Å². The Morgan fingerprint density at radius 3 is 2.74 bits per heavy atom. The Bertz CT molecular complexity index is 977. The molecule has 0 saturated carbocycles. The van der Waals surface area contributed by atoms with E-state index in [1.165, 1.54) is 17.0 Å². The largest absolute Gasteiger partial charge is 0.487 e. The molecule has 138 valence electrons. The van der Waals surface area contributed by atoms with Crippen LogP contribution in [0.2, 0.25) is 5.02 Å². The molecule has 3 rings (SSSR count). The first-order valence-electron chi connectivity index (χ1n) is 7.81. The lowest BCUT2D eigenvalue weighted by molar-refractivity contribution is -0.384. The van der Waals surface area contributed by atoms with Crippen LogP contribution < -0.4 is 10.1 Å². The molecule has 9 heteroatoms. The summed E-state index contributed by atoms with van der Waals surface area (Å²) < 4.78 is 5.65. The number of nitro groups is 1. The van der Waals surface area contributed by atoms with Crippen molar-refractivity contribution in [2.75, 3.05) is 7.05 Å². The van der Waals surface area contributed by atoms with Crippen molar-refractivity contribution in [3.05, 3.63) is 74.4 Å². The third-order valence-corrected chi connectivity index (χ3v) is 4.54. The van der Waals surface area contributed by atoms with Crippen LogP contribution in [0.4, 0.5) is 5.69 Å². The summed E-state index contributed by atoms with van der Waals surface area (Å²) in [5, 5.41) is 14.4. The first-order valence-corrected chi connectivity index (χ1v) is 8.60. The topological polar surface area (TPSA) is 84.7 Å². The van der Waals surface area contributed by atoms with Gasteiger partial charge in [-0.3, -0.25) is 19.8 Å². The Balaban J connectivity index is 1.72. The van der Waals surface area contributed by atoms with Crippen molar-refractivity contribution < 1.29 is 14.5 Å². The fraction of sp³-hybridized carbons (Fsp3) is 0.111. The number of halogens is 1. The van der Waals surface area contributed by atoms with Crippen LogP contribution in [0.3, 0.4) is 0 Å². The third kappa shape index (κ3) is 4.24. The van der Waals surface area contributed by atoms with Crippen LogP contribution in [-0.2, 0) is 11.4 Å². The molecule has 0 bridgehead atoms. The Labute approximate surface area is 165 Å². The summed E-state index contributed by atoms with van der Waals surface area (Å²) in [5.74, 6) is 0.214. The lowest BCUT2D eigenvalue weighted by atomic mass is 10.1. The van der Waals surface area contributed by atoms with Gasteiger partial charge in [-0.05, 0) is 41.6 Å². The summed E-state index contributed by atoms with van der Waals surface area (Å²) in [6.07, 6.45) is 1.65. The molecular formula is C18H14ClN3O4S. The standard InChI is InChI=1S/C18H14ClN3O4S/c1-21-17(23)15(20-18(21)27)9-11-5-6-16(14(19)8-11)26-10-12-3-2-4-13(7-12)22(24)25/h2-9H,10H2,1H3,(H,20,27)/b15-9-. The molecule has 1 fully saturated rings. The molecule has 1 N–H and O–H groups in total. The molecule has 2 aromatic rings. The number of thiocarbonyl (C=S) groups is 1. The van der Waals surface area contributed by atoms with E-state index in [0.29, 0.717) is 32.7 Å². The number of hydrogen-bond acceptors (Lipinski definition) is 5. The van der Waals surface area contributed by atoms with Gasteiger partial charge in [-0.2, -0.15) is 0 Å². The quantitative estimate of drug-likeness (QED) is 0.356. The van der Waals surface area contributed by atoms with Crippen LogP contribution in [0.25, 0.3) is 6.08 Å². The second-order valence-electron chi connectivity index (χ2n) is 5.76. The minimum Gasteiger partial charge on any atom is -0.487 e. The molecule has 2 aromatic carbocycles. The average molecular weight is 404 g/mol. The monoisotopic (exact) mass is 403 g/mol. The van der Waals surface area contributed by atoms with Gasteiger partial charge in [0, 0.05) is 19.2 Å². The SMILES string of the molecule is CN1C(=O)/C(=C/c2ccc(OCc3cccc([N+](=O)[O-])c3)c(Cl)c2)NC1=S. The molecule has 1 heterocycles. The average Bonchev–Trinajstić information content (AvgIpc) is 2.88. The van der Waals surface area contributed by atoms with Gasteiger partial charge in [-0.1, -0.05) is 29.8 Å². The summed E-state index contributed by atoms with van der Waals surface area (Å²) in [4.78, 5) is 23.7. The van der Waals surface area contributed by atoms with Gasteiger partial charge in [0.25, 0.3) is 11.6 Å². The van der Waals surface area contributed by atoms with Crippen molar-refractivity contribution in [3.8, 4) is 5.75 Å². The normalized spacial score (nSPS) is 15.2. The minimum atomic E-state index is -0.458. The molecule has 1 amide bonds. The molecule has 0 atom stereocenters. The number of ether oxygens (including phenoxy) is 1. The van der Waals surface area contributed by atoms with E-state index < -0.39 is 4.92 Å². The molecule has 0 spiro atoms. The Kier molecular flexibility index (Phi) is 5.38. The van der Waals surface area contributed by atoms with E-state index in [0.717, 1.165) is 0 Å². The zero-order chi connectivity index (χ0) is 19.6. The number of carbonyl (C=O) groups is 1. The van der Waals surface area contributed by atoms with Gasteiger partial charge in [-0.15, -0.1) is 0 Å². The van der Waals surface area contributed by atoms with E-state index in [1.807, 2.05) is 0 Å². The predicted molar refractivity (Wildman–Crippen MR) is 105 cm³/mol. The summed E-state index contributed by atoms with van der Waals surface area (Å²) in [6, 6.07) is 11.3. The van der Waals surface area contributed by atoms with Gasteiger partial charge < -0.3 is 10.1 Å².